The molecule has 1 N–H and O–H groups in total. The first kappa shape index (κ1) is 14.8. The van der Waals surface area contributed by atoms with Crippen molar-refractivity contribution in [2.45, 2.75) is 45.1 Å². The molecule has 3 nitrogen and oxygen atoms in total. The number of hydrogen-bond acceptors (Lipinski definition) is 3. The fraction of sp³-hybridized carbons (Fsp3) is 0.667. The van der Waals surface area contributed by atoms with Gasteiger partial charge in [0.2, 0.25) is 0 Å². The van der Waals surface area contributed by atoms with Crippen molar-refractivity contribution in [3.8, 4) is 0 Å². The Morgan fingerprint density at radius 1 is 1.37 bits per heavy atom. The first-order valence-corrected chi connectivity index (χ1v) is 8.13. The Bertz CT molecular complexity index is 383. The molecule has 0 radical (unpaired) electrons. The van der Waals surface area contributed by atoms with Gasteiger partial charge >= 0.3 is 0 Å². The van der Waals surface area contributed by atoms with Gasteiger partial charge in [0.05, 0.1) is 11.9 Å². The summed E-state index contributed by atoms with van der Waals surface area (Å²) in [6.45, 7) is 5.94. The summed E-state index contributed by atoms with van der Waals surface area (Å²) in [4.78, 5) is 6.79. The fourth-order valence-corrected chi connectivity index (χ4v) is 3.04. The predicted octanol–water partition coefficient (Wildman–Crippen LogP) is 3.91. The summed E-state index contributed by atoms with van der Waals surface area (Å²) in [6, 6.07) is 2.86. The lowest BCUT2D eigenvalue weighted by Gasteiger charge is -2.33. The third-order valence-electron chi connectivity index (χ3n) is 3.85. The smallest absolute Gasteiger partial charge is 0.0538 e. The number of aromatic nitrogens is 1. The number of piperidine rings is 1. The van der Waals surface area contributed by atoms with E-state index in [0.717, 1.165) is 22.7 Å². The Morgan fingerprint density at radius 2 is 2.26 bits per heavy atom. The first-order chi connectivity index (χ1) is 9.25. The Balaban J connectivity index is 1.59. The summed E-state index contributed by atoms with van der Waals surface area (Å²) in [5.74, 6) is 0. The van der Waals surface area contributed by atoms with E-state index in [1.165, 1.54) is 45.2 Å². The van der Waals surface area contributed by atoms with Gasteiger partial charge in [-0.25, -0.2) is 0 Å². The lowest BCUT2D eigenvalue weighted by atomic mass is 10.0. The zero-order chi connectivity index (χ0) is 13.5. The van der Waals surface area contributed by atoms with E-state index in [0.29, 0.717) is 0 Å². The summed E-state index contributed by atoms with van der Waals surface area (Å²) in [7, 11) is 0. The number of likely N-dealkylation sites (tertiary alicyclic amines) is 1. The molecule has 0 amide bonds. The largest absolute Gasteiger partial charge is 0.384 e. The van der Waals surface area contributed by atoms with Gasteiger partial charge in [-0.3, -0.25) is 4.98 Å². The van der Waals surface area contributed by atoms with E-state index in [4.69, 9.17) is 0 Å². The molecule has 0 bridgehead atoms. The molecule has 1 aromatic heterocycles. The van der Waals surface area contributed by atoms with Crippen LogP contribution in [0.25, 0.3) is 0 Å². The van der Waals surface area contributed by atoms with Gasteiger partial charge in [-0.1, -0.05) is 6.42 Å². The van der Waals surface area contributed by atoms with E-state index in [1.54, 1.807) is 0 Å². The van der Waals surface area contributed by atoms with Crippen LogP contribution in [0.5, 0.6) is 0 Å². The van der Waals surface area contributed by atoms with E-state index in [1.807, 2.05) is 12.4 Å². The van der Waals surface area contributed by atoms with Gasteiger partial charge in [-0.05, 0) is 67.7 Å². The molecule has 2 rings (SSSR count). The minimum atomic E-state index is 0.788. The van der Waals surface area contributed by atoms with Gasteiger partial charge in [0.1, 0.15) is 0 Å². The van der Waals surface area contributed by atoms with Crippen LogP contribution in [0.2, 0.25) is 0 Å². The van der Waals surface area contributed by atoms with Gasteiger partial charge in [-0.2, -0.15) is 0 Å². The highest BCUT2D eigenvalue weighted by Gasteiger charge is 2.16. The lowest BCUT2D eigenvalue weighted by Crippen LogP contribution is -2.38. The number of nitrogens with zero attached hydrogens (tertiary/aromatic N) is 2. The molecule has 1 aromatic rings. The van der Waals surface area contributed by atoms with Crippen molar-refractivity contribution in [1.29, 1.82) is 0 Å². The normalized spacial score (nSPS) is 20.4. The van der Waals surface area contributed by atoms with Gasteiger partial charge in [-0.15, -0.1) is 0 Å². The molecule has 1 fully saturated rings. The molecule has 1 saturated heterocycles. The van der Waals surface area contributed by atoms with Crippen LogP contribution < -0.4 is 5.32 Å². The average molecular weight is 326 g/mol. The van der Waals surface area contributed by atoms with Crippen LogP contribution in [0, 0.1) is 0 Å². The molecule has 0 spiro atoms. The lowest BCUT2D eigenvalue weighted by molar-refractivity contribution is 0.158. The number of rotatable bonds is 6. The van der Waals surface area contributed by atoms with Gasteiger partial charge in [0, 0.05) is 23.3 Å². The monoisotopic (exact) mass is 325 g/mol. The maximum absolute atomic E-state index is 4.15. The number of halogens is 1. The van der Waals surface area contributed by atoms with Crippen LogP contribution in [0.15, 0.2) is 22.9 Å². The molecule has 1 unspecified atom stereocenters. The summed E-state index contributed by atoms with van der Waals surface area (Å²) in [6.07, 6.45) is 10.3. The standard InChI is InChI=1S/C15H24BrN3/c1-13-6-2-4-8-19(13)9-5-3-7-18-15-10-14(16)11-17-12-15/h10-13,18H,2-9H2,1H3. The van der Waals surface area contributed by atoms with Crippen LogP contribution in [-0.4, -0.2) is 35.6 Å². The molecule has 19 heavy (non-hydrogen) atoms. The summed E-state index contributed by atoms with van der Waals surface area (Å²) in [5, 5.41) is 3.42. The van der Waals surface area contributed by atoms with Gasteiger partial charge in [0.15, 0.2) is 0 Å². The molecule has 1 atom stereocenters. The highest BCUT2D eigenvalue weighted by atomic mass is 79.9. The number of anilines is 1. The molecule has 1 aliphatic heterocycles. The van der Waals surface area contributed by atoms with Crippen molar-refractivity contribution in [2.75, 3.05) is 25.0 Å². The fourth-order valence-electron chi connectivity index (χ4n) is 2.67. The third kappa shape index (κ3) is 5.11. The molecule has 1 aliphatic rings. The van der Waals surface area contributed by atoms with Crippen LogP contribution >= 0.6 is 15.9 Å². The molecule has 2 heterocycles. The number of hydrogen-bond donors (Lipinski definition) is 1. The van der Waals surface area contributed by atoms with Crippen molar-refractivity contribution in [3.63, 3.8) is 0 Å². The highest BCUT2D eigenvalue weighted by molar-refractivity contribution is 9.10. The second-order valence-electron chi connectivity index (χ2n) is 5.41. The number of nitrogens with one attached hydrogen (secondary N) is 1. The van der Waals surface area contributed by atoms with Crippen molar-refractivity contribution in [3.05, 3.63) is 22.9 Å². The van der Waals surface area contributed by atoms with Gasteiger partial charge in [0.25, 0.3) is 0 Å². The second kappa shape index (κ2) is 7.85. The topological polar surface area (TPSA) is 28.2 Å². The molecule has 0 saturated carbocycles. The maximum Gasteiger partial charge on any atom is 0.0538 e. The Morgan fingerprint density at radius 3 is 3.05 bits per heavy atom. The zero-order valence-electron chi connectivity index (χ0n) is 11.7. The van der Waals surface area contributed by atoms with E-state index < -0.39 is 0 Å². The molecular weight excluding hydrogens is 302 g/mol. The Hall–Kier alpha value is -0.610. The van der Waals surface area contributed by atoms with Crippen molar-refractivity contribution in [2.24, 2.45) is 0 Å². The molecule has 4 heteroatoms. The summed E-state index contributed by atoms with van der Waals surface area (Å²) >= 11 is 3.43. The van der Waals surface area contributed by atoms with Crippen LogP contribution in [0.4, 0.5) is 5.69 Å². The predicted molar refractivity (Wildman–Crippen MR) is 84.5 cm³/mol. The number of unbranched alkanes of at least 4 members (excludes halogenated alkanes) is 1. The molecular formula is C15H24BrN3. The summed E-state index contributed by atoms with van der Waals surface area (Å²) < 4.78 is 1.03. The Kier molecular flexibility index (Phi) is 6.11. The van der Waals surface area contributed by atoms with E-state index in [-0.39, 0.29) is 0 Å². The quantitative estimate of drug-likeness (QED) is 0.804. The number of pyridine rings is 1. The minimum Gasteiger partial charge on any atom is -0.384 e. The van der Waals surface area contributed by atoms with E-state index in [2.05, 4.69) is 44.1 Å². The van der Waals surface area contributed by atoms with Crippen LogP contribution in [0.3, 0.4) is 0 Å². The van der Waals surface area contributed by atoms with E-state index >= 15 is 0 Å². The molecule has 0 aromatic carbocycles. The van der Waals surface area contributed by atoms with Crippen molar-refractivity contribution >= 4 is 21.6 Å². The van der Waals surface area contributed by atoms with Crippen molar-refractivity contribution in [1.82, 2.24) is 9.88 Å². The molecule has 0 aliphatic carbocycles. The minimum absolute atomic E-state index is 0.788. The summed E-state index contributed by atoms with van der Waals surface area (Å²) in [5.41, 5.74) is 1.10. The zero-order valence-corrected chi connectivity index (χ0v) is 13.3. The average Bonchev–Trinajstić information content (AvgIpc) is 2.40. The maximum atomic E-state index is 4.15. The van der Waals surface area contributed by atoms with Gasteiger partial charge < -0.3 is 10.2 Å². The highest BCUT2D eigenvalue weighted by Crippen LogP contribution is 2.17. The van der Waals surface area contributed by atoms with Crippen LogP contribution in [0.1, 0.15) is 39.0 Å². The second-order valence-corrected chi connectivity index (χ2v) is 6.32. The van der Waals surface area contributed by atoms with E-state index in [9.17, 15) is 0 Å². The molecule has 106 valence electrons. The van der Waals surface area contributed by atoms with Crippen LogP contribution in [-0.2, 0) is 0 Å². The van der Waals surface area contributed by atoms with Crippen molar-refractivity contribution < 1.29 is 0 Å². The third-order valence-corrected chi connectivity index (χ3v) is 4.28. The Labute approximate surface area is 124 Å². The first-order valence-electron chi connectivity index (χ1n) is 7.34. The SMILES string of the molecule is CC1CCCCN1CCCCNc1cncc(Br)c1.